The van der Waals surface area contributed by atoms with E-state index in [1.165, 1.54) is 54.0 Å². The van der Waals surface area contributed by atoms with Crippen molar-refractivity contribution in [2.75, 3.05) is 5.01 Å². The highest BCUT2D eigenvalue weighted by Crippen LogP contribution is 2.30. The van der Waals surface area contributed by atoms with Crippen LogP contribution < -0.4 is 5.01 Å². The van der Waals surface area contributed by atoms with Crippen molar-refractivity contribution in [3.8, 4) is 0 Å². The third kappa shape index (κ3) is 5.34. The van der Waals surface area contributed by atoms with E-state index in [9.17, 15) is 19.3 Å². The van der Waals surface area contributed by atoms with Crippen LogP contribution in [0.4, 0.5) is 15.2 Å². The Balaban J connectivity index is 1.67. The number of anilines is 1. The number of thiazole rings is 1. The topological polar surface area (TPSA) is 88.7 Å². The zero-order valence-corrected chi connectivity index (χ0v) is 18.2. The van der Waals surface area contributed by atoms with E-state index < -0.39 is 10.8 Å². The number of halogens is 1. The smallest absolute Gasteiger partial charge is 0.267 e. The summed E-state index contributed by atoms with van der Waals surface area (Å²) in [4.78, 5) is 28.1. The molecule has 1 aromatic heterocycles. The number of fused-ring (bicyclic) bond motifs is 1. The fourth-order valence-electron chi connectivity index (χ4n) is 2.96. The van der Waals surface area contributed by atoms with Crippen LogP contribution in [0.5, 0.6) is 0 Å². The molecule has 33 heavy (non-hydrogen) atoms. The Morgan fingerprint density at radius 1 is 1.12 bits per heavy atom. The van der Waals surface area contributed by atoms with Crippen LogP contribution >= 0.6 is 11.3 Å². The Morgan fingerprint density at radius 3 is 2.67 bits per heavy atom. The van der Waals surface area contributed by atoms with Crippen LogP contribution in [-0.2, 0) is 4.79 Å². The first-order valence-electron chi connectivity index (χ1n) is 9.82. The summed E-state index contributed by atoms with van der Waals surface area (Å²) in [5, 5.41) is 16.8. The number of nitro groups is 1. The van der Waals surface area contributed by atoms with Gasteiger partial charge in [0.1, 0.15) is 5.82 Å². The Bertz CT molecular complexity index is 1400. The molecule has 1 heterocycles. The average molecular weight is 460 g/mol. The number of carbonyl (C=O) groups excluding carboxylic acids is 1. The van der Waals surface area contributed by atoms with Crippen molar-refractivity contribution in [2.24, 2.45) is 5.10 Å². The van der Waals surface area contributed by atoms with Gasteiger partial charge < -0.3 is 0 Å². The predicted octanol–water partition coefficient (Wildman–Crippen LogP) is 5.73. The van der Waals surface area contributed by atoms with Crippen molar-refractivity contribution in [1.82, 2.24) is 4.98 Å². The van der Waals surface area contributed by atoms with Gasteiger partial charge in [-0.1, -0.05) is 41.7 Å². The van der Waals surface area contributed by atoms with Crippen molar-refractivity contribution in [3.63, 3.8) is 0 Å². The molecule has 0 fully saturated rings. The van der Waals surface area contributed by atoms with Gasteiger partial charge in [0.25, 0.3) is 11.6 Å². The highest BCUT2D eigenvalue weighted by molar-refractivity contribution is 7.22. The van der Waals surface area contributed by atoms with Gasteiger partial charge in [0.15, 0.2) is 0 Å². The average Bonchev–Trinajstić information content (AvgIpc) is 3.22. The van der Waals surface area contributed by atoms with E-state index in [1.54, 1.807) is 24.3 Å². The van der Waals surface area contributed by atoms with Crippen LogP contribution in [0.25, 0.3) is 16.3 Å². The molecule has 9 heteroatoms. The molecule has 0 radical (unpaired) electrons. The van der Waals surface area contributed by atoms with Crippen LogP contribution in [0.3, 0.4) is 0 Å². The van der Waals surface area contributed by atoms with Crippen molar-refractivity contribution < 1.29 is 14.1 Å². The summed E-state index contributed by atoms with van der Waals surface area (Å²) < 4.78 is 14.1. The monoisotopic (exact) mass is 460 g/mol. The van der Waals surface area contributed by atoms with Gasteiger partial charge in [0.2, 0.25) is 5.13 Å². The molecule has 1 amide bonds. The van der Waals surface area contributed by atoms with Gasteiger partial charge in [-0.05, 0) is 54.0 Å². The molecule has 0 spiro atoms. The first-order chi connectivity index (χ1) is 15.9. The highest BCUT2D eigenvalue weighted by Gasteiger charge is 2.17. The molecular weight excluding hydrogens is 443 g/mol. The van der Waals surface area contributed by atoms with Crippen LogP contribution in [0, 0.1) is 22.9 Å². The molecule has 0 aliphatic heterocycles. The number of hydrazone groups is 1. The lowest BCUT2D eigenvalue weighted by molar-refractivity contribution is -0.384. The molecule has 0 bridgehead atoms. The van der Waals surface area contributed by atoms with Crippen LogP contribution in [-0.4, -0.2) is 22.0 Å². The second kappa shape index (κ2) is 9.49. The number of aromatic nitrogens is 1. The number of carbonyl (C=O) groups is 1. The lowest BCUT2D eigenvalue weighted by Crippen LogP contribution is -2.23. The molecule has 0 saturated carbocycles. The van der Waals surface area contributed by atoms with E-state index >= 15 is 0 Å². The summed E-state index contributed by atoms with van der Waals surface area (Å²) >= 11 is 1.31. The summed E-state index contributed by atoms with van der Waals surface area (Å²) in [6.45, 7) is 1.97. The zero-order valence-electron chi connectivity index (χ0n) is 17.4. The number of non-ortho nitro benzene ring substituents is 1. The van der Waals surface area contributed by atoms with Gasteiger partial charge >= 0.3 is 0 Å². The van der Waals surface area contributed by atoms with E-state index in [0.29, 0.717) is 16.3 Å². The lowest BCUT2D eigenvalue weighted by Gasteiger charge is -2.11. The van der Waals surface area contributed by atoms with E-state index in [1.807, 2.05) is 25.1 Å². The molecular formula is C24H17FN4O3S. The first kappa shape index (κ1) is 22.0. The number of aryl methyl sites for hydroxylation is 1. The molecule has 0 aliphatic carbocycles. The highest BCUT2D eigenvalue weighted by atomic mass is 32.1. The van der Waals surface area contributed by atoms with Gasteiger partial charge in [-0.25, -0.2) is 9.37 Å². The van der Waals surface area contributed by atoms with Gasteiger partial charge in [0, 0.05) is 18.2 Å². The van der Waals surface area contributed by atoms with Gasteiger partial charge in [-0.15, -0.1) is 0 Å². The number of nitrogens with zero attached hydrogens (tertiary/aromatic N) is 4. The summed E-state index contributed by atoms with van der Waals surface area (Å²) in [7, 11) is 0. The van der Waals surface area contributed by atoms with E-state index in [0.717, 1.165) is 20.8 Å². The normalized spacial score (nSPS) is 11.5. The van der Waals surface area contributed by atoms with Crippen molar-refractivity contribution in [1.29, 1.82) is 0 Å². The minimum atomic E-state index is -0.498. The third-order valence-corrected chi connectivity index (χ3v) is 5.61. The SMILES string of the molecule is Cc1ccc2nc(N(/N=C/c3ccc(F)cc3)C(=O)/C=C/c3cccc([N+](=O)[O-])c3)sc2c1. The van der Waals surface area contributed by atoms with Gasteiger partial charge in [-0.2, -0.15) is 10.1 Å². The second-order valence-electron chi connectivity index (χ2n) is 7.10. The summed E-state index contributed by atoms with van der Waals surface area (Å²) in [5.74, 6) is -0.864. The maximum absolute atomic E-state index is 13.2. The number of benzene rings is 3. The predicted molar refractivity (Wildman–Crippen MR) is 128 cm³/mol. The summed E-state index contributed by atoms with van der Waals surface area (Å²) in [5.41, 5.74) is 2.83. The largest absolute Gasteiger partial charge is 0.273 e. The minimum absolute atomic E-state index is 0.0719. The van der Waals surface area contributed by atoms with Crippen molar-refractivity contribution >= 4 is 50.6 Å². The molecule has 164 valence electrons. The number of amides is 1. The van der Waals surface area contributed by atoms with Crippen LogP contribution in [0.15, 0.2) is 77.9 Å². The number of rotatable bonds is 6. The lowest BCUT2D eigenvalue weighted by atomic mass is 10.2. The van der Waals surface area contributed by atoms with Crippen molar-refractivity contribution in [2.45, 2.75) is 6.92 Å². The maximum atomic E-state index is 13.2. The molecule has 4 rings (SSSR count). The summed E-state index contributed by atoms with van der Waals surface area (Å²) in [6.07, 6.45) is 4.20. The Hall–Kier alpha value is -4.24. The Kier molecular flexibility index (Phi) is 6.32. The fourth-order valence-corrected chi connectivity index (χ4v) is 3.99. The standard InChI is InChI=1S/C24H17FN4O3S/c1-16-5-11-21-22(13-16)33-24(27-21)28(26-15-18-6-9-19(25)10-7-18)23(30)12-8-17-3-2-4-20(14-17)29(31)32/h2-15H,1H3/b12-8+,26-15+. The molecule has 0 unspecified atom stereocenters. The molecule has 0 aliphatic rings. The quantitative estimate of drug-likeness (QED) is 0.159. The van der Waals surface area contributed by atoms with Gasteiger partial charge in [0.05, 0.1) is 21.4 Å². The molecule has 4 aromatic rings. The molecule has 0 atom stereocenters. The van der Waals surface area contributed by atoms with Gasteiger partial charge in [-0.3, -0.25) is 14.9 Å². The zero-order chi connectivity index (χ0) is 23.4. The van der Waals surface area contributed by atoms with E-state index in [4.69, 9.17) is 0 Å². The molecule has 3 aromatic carbocycles. The Labute approximate surface area is 192 Å². The Morgan fingerprint density at radius 2 is 1.91 bits per heavy atom. The summed E-state index contributed by atoms with van der Waals surface area (Å²) in [6, 6.07) is 17.4. The third-order valence-electron chi connectivity index (χ3n) is 4.61. The van der Waals surface area contributed by atoms with Crippen molar-refractivity contribution in [3.05, 3.63) is 105 Å². The number of hydrogen-bond donors (Lipinski definition) is 0. The maximum Gasteiger partial charge on any atom is 0.273 e. The molecule has 0 saturated heterocycles. The second-order valence-corrected chi connectivity index (χ2v) is 8.11. The molecule has 7 nitrogen and oxygen atoms in total. The van der Waals surface area contributed by atoms with E-state index in [-0.39, 0.29) is 11.5 Å². The molecule has 0 N–H and O–H groups in total. The number of nitro benzene ring substituents is 1. The number of hydrogen-bond acceptors (Lipinski definition) is 6. The van der Waals surface area contributed by atoms with E-state index in [2.05, 4.69) is 10.1 Å². The van der Waals surface area contributed by atoms with Crippen LogP contribution in [0.1, 0.15) is 16.7 Å². The van der Waals surface area contributed by atoms with Crippen LogP contribution in [0.2, 0.25) is 0 Å². The minimum Gasteiger partial charge on any atom is -0.267 e. The fraction of sp³-hybridized carbons (Fsp3) is 0.0417. The first-order valence-corrected chi connectivity index (χ1v) is 10.6.